The average molecular weight is 184 g/mol. The number of nitrogens with zero attached hydrogens (tertiary/aromatic N) is 1. The molecule has 1 fully saturated rings. The minimum Gasteiger partial charge on any atom is -0.330 e. The van der Waals surface area contributed by atoms with E-state index in [1.165, 1.54) is 38.6 Å². The van der Waals surface area contributed by atoms with Crippen LogP contribution in [0.25, 0.3) is 0 Å². The fraction of sp³-hybridized carbons (Fsp3) is 1.00. The van der Waals surface area contributed by atoms with Crippen molar-refractivity contribution in [2.45, 2.75) is 45.1 Å². The molecule has 1 rings (SSSR count). The molecule has 2 N–H and O–H groups in total. The van der Waals surface area contributed by atoms with Crippen molar-refractivity contribution in [2.75, 3.05) is 20.1 Å². The molecule has 0 aromatic heterocycles. The Morgan fingerprint density at radius 2 is 1.92 bits per heavy atom. The van der Waals surface area contributed by atoms with Gasteiger partial charge in [-0.1, -0.05) is 26.2 Å². The smallest absolute Gasteiger partial charge is 0.00923 e. The summed E-state index contributed by atoms with van der Waals surface area (Å²) in [4.78, 5) is 2.51. The molecule has 2 heteroatoms. The van der Waals surface area contributed by atoms with E-state index in [1.54, 1.807) is 0 Å². The predicted molar refractivity (Wildman–Crippen MR) is 57.7 cm³/mol. The van der Waals surface area contributed by atoms with E-state index in [-0.39, 0.29) is 0 Å². The standard InChI is InChI=1S/C11H24N2/c1-10(8-12)9-13(2)11-6-4-3-5-7-11/h10-11H,3-9,12H2,1-2H3. The summed E-state index contributed by atoms with van der Waals surface area (Å²) in [5.74, 6) is 0.645. The molecule has 2 nitrogen and oxygen atoms in total. The van der Waals surface area contributed by atoms with Crippen molar-refractivity contribution in [3.8, 4) is 0 Å². The van der Waals surface area contributed by atoms with Gasteiger partial charge in [0.1, 0.15) is 0 Å². The lowest BCUT2D eigenvalue weighted by Crippen LogP contribution is -2.37. The zero-order chi connectivity index (χ0) is 9.68. The van der Waals surface area contributed by atoms with Crippen molar-refractivity contribution < 1.29 is 0 Å². The fourth-order valence-electron chi connectivity index (χ4n) is 2.24. The minimum absolute atomic E-state index is 0.645. The van der Waals surface area contributed by atoms with Gasteiger partial charge in [0.25, 0.3) is 0 Å². The topological polar surface area (TPSA) is 29.3 Å². The van der Waals surface area contributed by atoms with Gasteiger partial charge >= 0.3 is 0 Å². The largest absolute Gasteiger partial charge is 0.330 e. The van der Waals surface area contributed by atoms with E-state index in [9.17, 15) is 0 Å². The molecule has 0 heterocycles. The number of hydrogen-bond donors (Lipinski definition) is 1. The van der Waals surface area contributed by atoms with E-state index in [0.29, 0.717) is 5.92 Å². The molecule has 0 spiro atoms. The number of hydrogen-bond acceptors (Lipinski definition) is 2. The zero-order valence-corrected chi connectivity index (χ0v) is 9.13. The molecule has 1 aliphatic carbocycles. The van der Waals surface area contributed by atoms with Gasteiger partial charge in [0.15, 0.2) is 0 Å². The molecule has 1 atom stereocenters. The maximum Gasteiger partial charge on any atom is 0.00923 e. The van der Waals surface area contributed by atoms with Gasteiger partial charge in [0, 0.05) is 12.6 Å². The molecule has 0 aliphatic heterocycles. The molecule has 0 saturated heterocycles. The van der Waals surface area contributed by atoms with Crippen LogP contribution in [0.4, 0.5) is 0 Å². The van der Waals surface area contributed by atoms with E-state index >= 15 is 0 Å². The second-order valence-corrected chi connectivity index (χ2v) is 4.57. The van der Waals surface area contributed by atoms with Crippen molar-refractivity contribution in [2.24, 2.45) is 11.7 Å². The third-order valence-electron chi connectivity index (χ3n) is 3.20. The zero-order valence-electron chi connectivity index (χ0n) is 9.13. The maximum absolute atomic E-state index is 5.62. The molecular formula is C11H24N2. The third kappa shape index (κ3) is 3.65. The van der Waals surface area contributed by atoms with Crippen molar-refractivity contribution >= 4 is 0 Å². The maximum atomic E-state index is 5.62. The normalized spacial score (nSPS) is 22.2. The van der Waals surface area contributed by atoms with Crippen LogP contribution >= 0.6 is 0 Å². The van der Waals surface area contributed by atoms with Crippen LogP contribution in [0.5, 0.6) is 0 Å². The summed E-state index contributed by atoms with van der Waals surface area (Å²) < 4.78 is 0. The van der Waals surface area contributed by atoms with Gasteiger partial charge in [0.05, 0.1) is 0 Å². The van der Waals surface area contributed by atoms with Crippen LogP contribution in [0, 0.1) is 5.92 Å². The predicted octanol–water partition coefficient (Wildman–Crippen LogP) is 1.85. The van der Waals surface area contributed by atoms with Gasteiger partial charge in [-0.05, 0) is 32.4 Å². The molecule has 0 aromatic carbocycles. The minimum atomic E-state index is 0.645. The van der Waals surface area contributed by atoms with Crippen LogP contribution in [0.3, 0.4) is 0 Å². The summed E-state index contributed by atoms with van der Waals surface area (Å²) in [5.41, 5.74) is 5.62. The molecule has 1 aliphatic rings. The summed E-state index contributed by atoms with van der Waals surface area (Å²) in [6, 6.07) is 0.836. The highest BCUT2D eigenvalue weighted by atomic mass is 15.1. The number of rotatable bonds is 4. The Bertz CT molecular complexity index is 130. The molecule has 0 amide bonds. The Labute approximate surface area is 82.5 Å². The van der Waals surface area contributed by atoms with Crippen LogP contribution < -0.4 is 5.73 Å². The molecule has 1 saturated carbocycles. The SMILES string of the molecule is CC(CN)CN(C)C1CCCCC1. The highest BCUT2D eigenvalue weighted by Gasteiger charge is 2.18. The molecule has 13 heavy (non-hydrogen) atoms. The van der Waals surface area contributed by atoms with Gasteiger partial charge < -0.3 is 10.6 Å². The first-order chi connectivity index (χ1) is 6.24. The molecule has 0 radical (unpaired) electrons. The van der Waals surface area contributed by atoms with Crippen LogP contribution in [0.2, 0.25) is 0 Å². The van der Waals surface area contributed by atoms with E-state index < -0.39 is 0 Å². The summed E-state index contributed by atoms with van der Waals surface area (Å²) in [7, 11) is 2.25. The Hall–Kier alpha value is -0.0800. The second-order valence-electron chi connectivity index (χ2n) is 4.57. The first-order valence-electron chi connectivity index (χ1n) is 5.64. The molecule has 78 valence electrons. The van der Waals surface area contributed by atoms with Gasteiger partial charge in [0.2, 0.25) is 0 Å². The molecular weight excluding hydrogens is 160 g/mol. The van der Waals surface area contributed by atoms with E-state index in [0.717, 1.165) is 12.6 Å². The van der Waals surface area contributed by atoms with E-state index in [1.807, 2.05) is 0 Å². The summed E-state index contributed by atoms with van der Waals surface area (Å²) >= 11 is 0. The summed E-state index contributed by atoms with van der Waals surface area (Å²) in [5, 5.41) is 0. The van der Waals surface area contributed by atoms with Crippen LogP contribution in [0.1, 0.15) is 39.0 Å². The van der Waals surface area contributed by atoms with Crippen molar-refractivity contribution in [1.29, 1.82) is 0 Å². The van der Waals surface area contributed by atoms with Crippen molar-refractivity contribution in [1.82, 2.24) is 4.90 Å². The number of nitrogens with two attached hydrogens (primary N) is 1. The summed E-state index contributed by atoms with van der Waals surface area (Å²) in [6.07, 6.45) is 7.08. The molecule has 0 aromatic rings. The van der Waals surface area contributed by atoms with Crippen molar-refractivity contribution in [3.05, 3.63) is 0 Å². The lowest BCUT2D eigenvalue weighted by atomic mass is 9.94. The van der Waals surface area contributed by atoms with Crippen LogP contribution in [-0.4, -0.2) is 31.1 Å². The van der Waals surface area contributed by atoms with E-state index in [2.05, 4.69) is 18.9 Å². The molecule has 1 unspecified atom stereocenters. The van der Waals surface area contributed by atoms with Gasteiger partial charge in [-0.25, -0.2) is 0 Å². The Morgan fingerprint density at radius 3 is 2.46 bits per heavy atom. The lowest BCUT2D eigenvalue weighted by molar-refractivity contribution is 0.172. The van der Waals surface area contributed by atoms with Gasteiger partial charge in [-0.3, -0.25) is 0 Å². The highest BCUT2D eigenvalue weighted by Crippen LogP contribution is 2.21. The quantitative estimate of drug-likeness (QED) is 0.722. The van der Waals surface area contributed by atoms with Crippen LogP contribution in [0.15, 0.2) is 0 Å². The monoisotopic (exact) mass is 184 g/mol. The molecule has 0 bridgehead atoms. The Kier molecular flexibility index (Phi) is 4.74. The van der Waals surface area contributed by atoms with Crippen molar-refractivity contribution in [3.63, 3.8) is 0 Å². The third-order valence-corrected chi connectivity index (χ3v) is 3.20. The highest BCUT2D eigenvalue weighted by molar-refractivity contribution is 4.74. The van der Waals surface area contributed by atoms with Gasteiger partial charge in [-0.2, -0.15) is 0 Å². The van der Waals surface area contributed by atoms with E-state index in [4.69, 9.17) is 5.73 Å². The first-order valence-corrected chi connectivity index (χ1v) is 5.64. The average Bonchev–Trinajstić information content (AvgIpc) is 2.19. The van der Waals surface area contributed by atoms with Crippen LogP contribution in [-0.2, 0) is 0 Å². The fourth-order valence-corrected chi connectivity index (χ4v) is 2.24. The Morgan fingerprint density at radius 1 is 1.31 bits per heavy atom. The first kappa shape index (κ1) is 11.0. The van der Waals surface area contributed by atoms with Gasteiger partial charge in [-0.15, -0.1) is 0 Å². The summed E-state index contributed by atoms with van der Waals surface area (Å²) in [6.45, 7) is 4.22. The Balaban J connectivity index is 2.24. The second kappa shape index (κ2) is 5.61. The lowest BCUT2D eigenvalue weighted by Gasteiger charge is -2.32.